The number of carbonyl (C=O) groups excluding carboxylic acids is 1. The maximum atomic E-state index is 11.3. The summed E-state index contributed by atoms with van der Waals surface area (Å²) < 4.78 is 5.05. The minimum absolute atomic E-state index is 0.251. The molecule has 1 unspecified atom stereocenters. The van der Waals surface area contributed by atoms with E-state index in [0.717, 1.165) is 25.7 Å². The summed E-state index contributed by atoms with van der Waals surface area (Å²) in [4.78, 5) is 11.3. The summed E-state index contributed by atoms with van der Waals surface area (Å²) >= 11 is 0. The largest absolute Gasteiger partial charge is 0.465 e. The lowest BCUT2D eigenvalue weighted by atomic mass is 10.1. The first-order chi connectivity index (χ1) is 6.57. The number of ether oxygens (including phenoxy) is 1. The van der Waals surface area contributed by atoms with Crippen LogP contribution in [0.3, 0.4) is 0 Å². The molecule has 0 aromatic rings. The van der Waals surface area contributed by atoms with E-state index in [4.69, 9.17) is 10.5 Å². The van der Waals surface area contributed by atoms with Gasteiger partial charge in [0.1, 0.15) is 6.04 Å². The number of unbranched alkanes of at least 4 members (excludes halogenated alkanes) is 1. The van der Waals surface area contributed by atoms with Crippen LogP contribution in [0.15, 0.2) is 0 Å². The Bertz CT molecular complexity index is 157. The zero-order valence-corrected chi connectivity index (χ0v) is 9.58. The fourth-order valence-electron chi connectivity index (χ4n) is 1.04. The Labute approximate surface area is 87.0 Å². The van der Waals surface area contributed by atoms with Crippen LogP contribution in [0, 0.1) is 5.92 Å². The summed E-state index contributed by atoms with van der Waals surface area (Å²) in [5, 5.41) is 0. The van der Waals surface area contributed by atoms with Gasteiger partial charge < -0.3 is 10.5 Å². The molecule has 14 heavy (non-hydrogen) atoms. The number of esters is 1. The highest BCUT2D eigenvalue weighted by atomic mass is 16.5. The lowest BCUT2D eigenvalue weighted by Crippen LogP contribution is -2.32. The predicted molar refractivity (Wildman–Crippen MR) is 57.9 cm³/mol. The number of rotatable bonds is 7. The molecule has 0 aliphatic heterocycles. The molecule has 1 atom stereocenters. The van der Waals surface area contributed by atoms with Crippen molar-refractivity contribution in [3.63, 3.8) is 0 Å². The highest BCUT2D eigenvalue weighted by Gasteiger charge is 2.13. The van der Waals surface area contributed by atoms with E-state index >= 15 is 0 Å². The summed E-state index contributed by atoms with van der Waals surface area (Å²) in [6.07, 6.45) is 3.69. The molecule has 0 heterocycles. The summed E-state index contributed by atoms with van der Waals surface area (Å²) in [5.74, 6) is 0.314. The van der Waals surface area contributed by atoms with Gasteiger partial charge in [0.2, 0.25) is 0 Å². The first-order valence-corrected chi connectivity index (χ1v) is 5.50. The molecule has 0 aliphatic rings. The van der Waals surface area contributed by atoms with Crippen LogP contribution >= 0.6 is 0 Å². The van der Waals surface area contributed by atoms with Gasteiger partial charge in [0.25, 0.3) is 0 Å². The second kappa shape index (κ2) is 7.80. The molecule has 84 valence electrons. The van der Waals surface area contributed by atoms with E-state index in [2.05, 4.69) is 20.8 Å². The van der Waals surface area contributed by atoms with Crippen molar-refractivity contribution >= 4 is 5.97 Å². The molecule has 0 saturated heterocycles. The highest BCUT2D eigenvalue weighted by Crippen LogP contribution is 2.03. The Morgan fingerprint density at radius 1 is 1.36 bits per heavy atom. The first kappa shape index (κ1) is 13.4. The predicted octanol–water partition coefficient (Wildman–Crippen LogP) is 2.09. The van der Waals surface area contributed by atoms with Gasteiger partial charge in [-0.25, -0.2) is 0 Å². The van der Waals surface area contributed by atoms with E-state index in [1.54, 1.807) is 0 Å². The van der Waals surface area contributed by atoms with E-state index in [1.807, 2.05) is 0 Å². The quantitative estimate of drug-likeness (QED) is 0.642. The SMILES string of the molecule is CCCCC(N)C(=O)OCCC(C)C. The molecule has 0 aromatic heterocycles. The van der Waals surface area contributed by atoms with Gasteiger partial charge in [-0.05, 0) is 18.8 Å². The van der Waals surface area contributed by atoms with Crippen LogP contribution in [0.4, 0.5) is 0 Å². The maximum absolute atomic E-state index is 11.3. The van der Waals surface area contributed by atoms with E-state index in [0.29, 0.717) is 12.5 Å². The summed E-state index contributed by atoms with van der Waals surface area (Å²) in [7, 11) is 0. The molecule has 0 aliphatic carbocycles. The van der Waals surface area contributed by atoms with Crippen molar-refractivity contribution in [1.82, 2.24) is 0 Å². The van der Waals surface area contributed by atoms with Crippen molar-refractivity contribution in [2.24, 2.45) is 11.7 Å². The van der Waals surface area contributed by atoms with Crippen molar-refractivity contribution in [3.8, 4) is 0 Å². The first-order valence-electron chi connectivity index (χ1n) is 5.50. The second-order valence-corrected chi connectivity index (χ2v) is 4.10. The van der Waals surface area contributed by atoms with Crippen LogP contribution in [0.5, 0.6) is 0 Å². The monoisotopic (exact) mass is 201 g/mol. The van der Waals surface area contributed by atoms with E-state index in [-0.39, 0.29) is 5.97 Å². The van der Waals surface area contributed by atoms with Crippen molar-refractivity contribution in [2.45, 2.75) is 52.5 Å². The van der Waals surface area contributed by atoms with Crippen molar-refractivity contribution < 1.29 is 9.53 Å². The molecule has 3 heteroatoms. The Morgan fingerprint density at radius 2 is 2.00 bits per heavy atom. The van der Waals surface area contributed by atoms with Crippen molar-refractivity contribution in [1.29, 1.82) is 0 Å². The van der Waals surface area contributed by atoms with Crippen LogP contribution < -0.4 is 5.73 Å². The van der Waals surface area contributed by atoms with E-state index in [9.17, 15) is 4.79 Å². The summed E-state index contributed by atoms with van der Waals surface area (Å²) in [5.41, 5.74) is 5.65. The van der Waals surface area contributed by atoms with Gasteiger partial charge in [-0.2, -0.15) is 0 Å². The number of nitrogens with two attached hydrogens (primary N) is 1. The summed E-state index contributed by atoms with van der Waals surface area (Å²) in [6, 6.07) is -0.429. The van der Waals surface area contributed by atoms with Crippen molar-refractivity contribution in [3.05, 3.63) is 0 Å². The molecule has 3 nitrogen and oxygen atoms in total. The highest BCUT2D eigenvalue weighted by molar-refractivity contribution is 5.75. The van der Waals surface area contributed by atoms with Gasteiger partial charge in [-0.3, -0.25) is 4.79 Å². The molecule has 2 N–H and O–H groups in total. The van der Waals surface area contributed by atoms with E-state index < -0.39 is 6.04 Å². The third kappa shape index (κ3) is 6.89. The maximum Gasteiger partial charge on any atom is 0.322 e. The zero-order valence-electron chi connectivity index (χ0n) is 9.58. The fourth-order valence-corrected chi connectivity index (χ4v) is 1.04. The van der Waals surface area contributed by atoms with Gasteiger partial charge in [-0.1, -0.05) is 33.6 Å². The average molecular weight is 201 g/mol. The van der Waals surface area contributed by atoms with Gasteiger partial charge in [0.05, 0.1) is 6.61 Å². The van der Waals surface area contributed by atoms with Crippen LogP contribution in [0.1, 0.15) is 46.5 Å². The Balaban J connectivity index is 3.52. The number of carbonyl (C=O) groups is 1. The van der Waals surface area contributed by atoms with Crippen molar-refractivity contribution in [2.75, 3.05) is 6.61 Å². The molecule has 0 saturated carbocycles. The Morgan fingerprint density at radius 3 is 2.50 bits per heavy atom. The molecular formula is C11H23NO2. The van der Waals surface area contributed by atoms with Gasteiger partial charge in [-0.15, -0.1) is 0 Å². The smallest absolute Gasteiger partial charge is 0.322 e. The Kier molecular flexibility index (Phi) is 7.48. The van der Waals surface area contributed by atoms with Gasteiger partial charge in [0.15, 0.2) is 0 Å². The molecular weight excluding hydrogens is 178 g/mol. The second-order valence-electron chi connectivity index (χ2n) is 4.10. The zero-order chi connectivity index (χ0) is 11.0. The third-order valence-corrected chi connectivity index (χ3v) is 2.11. The molecule has 0 aromatic carbocycles. The van der Waals surface area contributed by atoms with Gasteiger partial charge >= 0.3 is 5.97 Å². The minimum atomic E-state index is -0.429. The van der Waals surface area contributed by atoms with Crippen LogP contribution in [-0.4, -0.2) is 18.6 Å². The lowest BCUT2D eigenvalue weighted by Gasteiger charge is -2.11. The number of hydrogen-bond donors (Lipinski definition) is 1. The summed E-state index contributed by atoms with van der Waals surface area (Å²) in [6.45, 7) is 6.78. The third-order valence-electron chi connectivity index (χ3n) is 2.11. The average Bonchev–Trinajstić information content (AvgIpc) is 2.13. The molecule has 0 radical (unpaired) electrons. The van der Waals surface area contributed by atoms with Gasteiger partial charge in [0, 0.05) is 0 Å². The van der Waals surface area contributed by atoms with Crippen LogP contribution in [0.2, 0.25) is 0 Å². The molecule has 0 fully saturated rings. The molecule has 0 amide bonds. The standard InChI is InChI=1S/C11H23NO2/c1-4-5-6-10(12)11(13)14-8-7-9(2)3/h9-10H,4-8,12H2,1-3H3. The van der Waals surface area contributed by atoms with Crippen LogP contribution in [-0.2, 0) is 9.53 Å². The van der Waals surface area contributed by atoms with Crippen LogP contribution in [0.25, 0.3) is 0 Å². The fraction of sp³-hybridized carbons (Fsp3) is 0.909. The minimum Gasteiger partial charge on any atom is -0.465 e. The normalized spacial score (nSPS) is 12.9. The topological polar surface area (TPSA) is 52.3 Å². The molecule has 0 spiro atoms. The number of hydrogen-bond acceptors (Lipinski definition) is 3. The lowest BCUT2D eigenvalue weighted by molar-refractivity contribution is -0.145. The molecule has 0 bridgehead atoms. The van der Waals surface area contributed by atoms with E-state index in [1.165, 1.54) is 0 Å². The molecule has 0 rings (SSSR count). The Hall–Kier alpha value is -0.570.